The van der Waals surface area contributed by atoms with Gasteiger partial charge in [0.05, 0.1) is 18.6 Å². The standard InChI is InChI=1S/C16H23NO4/c1-11(18)17-10-9-12-5-7-13(8-6-12)14(19)16(2,3)15(20)21-4/h5-8,14,19H,9-10H2,1-4H3,(H,17,18). The van der Waals surface area contributed by atoms with Gasteiger partial charge >= 0.3 is 5.97 Å². The normalized spacial score (nSPS) is 12.6. The number of aliphatic hydroxyl groups excluding tert-OH is 1. The number of carbonyl (C=O) groups excluding carboxylic acids is 2. The monoisotopic (exact) mass is 293 g/mol. The quantitative estimate of drug-likeness (QED) is 0.781. The number of amides is 1. The molecule has 0 aromatic heterocycles. The van der Waals surface area contributed by atoms with Crippen molar-refractivity contribution in [2.75, 3.05) is 13.7 Å². The second-order valence-corrected chi connectivity index (χ2v) is 5.59. The number of hydrogen-bond acceptors (Lipinski definition) is 4. The fourth-order valence-corrected chi connectivity index (χ4v) is 2.04. The van der Waals surface area contributed by atoms with E-state index in [1.54, 1.807) is 26.0 Å². The minimum absolute atomic E-state index is 0.0538. The molecule has 1 atom stereocenters. The zero-order chi connectivity index (χ0) is 16.0. The molecular weight excluding hydrogens is 270 g/mol. The van der Waals surface area contributed by atoms with Crippen molar-refractivity contribution in [2.45, 2.75) is 33.3 Å². The number of benzene rings is 1. The molecule has 1 amide bonds. The zero-order valence-corrected chi connectivity index (χ0v) is 13.0. The van der Waals surface area contributed by atoms with E-state index >= 15 is 0 Å². The van der Waals surface area contributed by atoms with E-state index in [2.05, 4.69) is 5.32 Å². The maximum atomic E-state index is 11.7. The van der Waals surface area contributed by atoms with Crippen LogP contribution in [-0.2, 0) is 20.7 Å². The van der Waals surface area contributed by atoms with Gasteiger partial charge in [-0.25, -0.2) is 0 Å². The number of hydrogen-bond donors (Lipinski definition) is 2. The van der Waals surface area contributed by atoms with Crippen molar-refractivity contribution < 1.29 is 19.4 Å². The Labute approximate surface area is 125 Å². The molecular formula is C16H23NO4. The van der Waals surface area contributed by atoms with Crippen LogP contribution >= 0.6 is 0 Å². The third kappa shape index (κ3) is 4.56. The van der Waals surface area contributed by atoms with Crippen LogP contribution < -0.4 is 5.32 Å². The summed E-state index contributed by atoms with van der Waals surface area (Å²) in [6.45, 7) is 5.35. The largest absolute Gasteiger partial charge is 0.469 e. The first kappa shape index (κ1) is 17.2. The highest BCUT2D eigenvalue weighted by Gasteiger charge is 2.37. The summed E-state index contributed by atoms with van der Waals surface area (Å²) < 4.78 is 4.72. The highest BCUT2D eigenvalue weighted by Crippen LogP contribution is 2.34. The van der Waals surface area contributed by atoms with E-state index in [1.807, 2.05) is 12.1 Å². The predicted octanol–water partition coefficient (Wildman–Crippen LogP) is 1.60. The number of methoxy groups -OCH3 is 1. The maximum absolute atomic E-state index is 11.7. The predicted molar refractivity (Wildman–Crippen MR) is 79.6 cm³/mol. The molecule has 0 fully saturated rings. The first-order chi connectivity index (χ1) is 9.78. The summed E-state index contributed by atoms with van der Waals surface area (Å²) in [4.78, 5) is 22.5. The van der Waals surface area contributed by atoms with Gasteiger partial charge in [-0.15, -0.1) is 0 Å². The van der Waals surface area contributed by atoms with Gasteiger partial charge in [-0.2, -0.15) is 0 Å². The molecule has 0 aliphatic heterocycles. The zero-order valence-electron chi connectivity index (χ0n) is 13.0. The maximum Gasteiger partial charge on any atom is 0.314 e. The number of ether oxygens (including phenoxy) is 1. The highest BCUT2D eigenvalue weighted by atomic mass is 16.5. The summed E-state index contributed by atoms with van der Waals surface area (Å²) in [6.07, 6.45) is -0.217. The van der Waals surface area contributed by atoms with Gasteiger partial charge in [0.2, 0.25) is 5.91 Å². The molecule has 1 rings (SSSR count). The molecule has 2 N–H and O–H groups in total. The molecule has 0 spiro atoms. The van der Waals surface area contributed by atoms with Crippen molar-refractivity contribution in [3.63, 3.8) is 0 Å². The number of nitrogens with one attached hydrogen (secondary N) is 1. The molecule has 1 aromatic carbocycles. The van der Waals surface area contributed by atoms with Gasteiger partial charge in [-0.3, -0.25) is 9.59 Å². The molecule has 0 aliphatic carbocycles. The Morgan fingerprint density at radius 1 is 1.29 bits per heavy atom. The van der Waals surface area contributed by atoms with Gasteiger partial charge < -0.3 is 15.2 Å². The van der Waals surface area contributed by atoms with E-state index in [1.165, 1.54) is 14.0 Å². The van der Waals surface area contributed by atoms with E-state index in [0.29, 0.717) is 12.1 Å². The molecule has 21 heavy (non-hydrogen) atoms. The van der Waals surface area contributed by atoms with Crippen LogP contribution in [0.1, 0.15) is 38.0 Å². The Kier molecular flexibility index (Phi) is 5.90. The molecule has 0 heterocycles. The van der Waals surface area contributed by atoms with Crippen LogP contribution in [0.5, 0.6) is 0 Å². The van der Waals surface area contributed by atoms with Crippen molar-refractivity contribution in [1.82, 2.24) is 5.32 Å². The van der Waals surface area contributed by atoms with Crippen LogP contribution in [0.2, 0.25) is 0 Å². The lowest BCUT2D eigenvalue weighted by molar-refractivity contribution is -0.157. The molecule has 0 bridgehead atoms. The lowest BCUT2D eigenvalue weighted by Crippen LogP contribution is -2.32. The van der Waals surface area contributed by atoms with Gasteiger partial charge in [0.1, 0.15) is 0 Å². The van der Waals surface area contributed by atoms with E-state index in [0.717, 1.165) is 12.0 Å². The van der Waals surface area contributed by atoms with E-state index in [9.17, 15) is 14.7 Å². The number of rotatable bonds is 6. The molecule has 5 nitrogen and oxygen atoms in total. The number of carbonyl (C=O) groups is 2. The summed E-state index contributed by atoms with van der Waals surface area (Å²) in [5, 5.41) is 13.1. The lowest BCUT2D eigenvalue weighted by Gasteiger charge is -2.27. The average Bonchev–Trinajstić information content (AvgIpc) is 2.45. The Bertz CT molecular complexity index is 494. The first-order valence-corrected chi connectivity index (χ1v) is 6.88. The van der Waals surface area contributed by atoms with Crippen LogP contribution in [0.4, 0.5) is 0 Å². The van der Waals surface area contributed by atoms with Crippen molar-refractivity contribution in [3.8, 4) is 0 Å². The third-order valence-corrected chi connectivity index (χ3v) is 3.48. The molecule has 0 radical (unpaired) electrons. The SMILES string of the molecule is COC(=O)C(C)(C)C(O)c1ccc(CCNC(C)=O)cc1. The fraction of sp³-hybridized carbons (Fsp3) is 0.500. The van der Waals surface area contributed by atoms with Gasteiger partial charge in [0.15, 0.2) is 0 Å². The van der Waals surface area contributed by atoms with Crippen molar-refractivity contribution >= 4 is 11.9 Å². The smallest absolute Gasteiger partial charge is 0.314 e. The van der Waals surface area contributed by atoms with Crippen molar-refractivity contribution in [3.05, 3.63) is 35.4 Å². The van der Waals surface area contributed by atoms with Crippen molar-refractivity contribution in [2.24, 2.45) is 5.41 Å². The highest BCUT2D eigenvalue weighted by molar-refractivity contribution is 5.76. The molecule has 0 saturated heterocycles. The fourth-order valence-electron chi connectivity index (χ4n) is 2.04. The number of esters is 1. The molecule has 5 heteroatoms. The Morgan fingerprint density at radius 3 is 2.33 bits per heavy atom. The topological polar surface area (TPSA) is 75.6 Å². The summed E-state index contributed by atoms with van der Waals surface area (Å²) in [6, 6.07) is 7.35. The van der Waals surface area contributed by atoms with Crippen molar-refractivity contribution in [1.29, 1.82) is 0 Å². The third-order valence-electron chi connectivity index (χ3n) is 3.48. The minimum Gasteiger partial charge on any atom is -0.469 e. The molecule has 116 valence electrons. The van der Waals surface area contributed by atoms with Crippen LogP contribution in [-0.4, -0.2) is 30.6 Å². The minimum atomic E-state index is -1.01. The Morgan fingerprint density at radius 2 is 1.86 bits per heavy atom. The summed E-state index contributed by atoms with van der Waals surface area (Å²) in [5.74, 6) is -0.508. The van der Waals surface area contributed by atoms with Crippen LogP contribution in [0.25, 0.3) is 0 Å². The average molecular weight is 293 g/mol. The van der Waals surface area contributed by atoms with Gasteiger partial charge in [0, 0.05) is 13.5 Å². The van der Waals surface area contributed by atoms with E-state index in [-0.39, 0.29) is 5.91 Å². The van der Waals surface area contributed by atoms with Crippen LogP contribution in [0.3, 0.4) is 0 Å². The van der Waals surface area contributed by atoms with Gasteiger partial charge in [0.25, 0.3) is 0 Å². The second kappa shape index (κ2) is 7.22. The number of aliphatic hydroxyl groups is 1. The molecule has 1 aromatic rings. The summed E-state index contributed by atoms with van der Waals surface area (Å²) >= 11 is 0. The Hall–Kier alpha value is -1.88. The van der Waals surface area contributed by atoms with Gasteiger partial charge in [-0.05, 0) is 31.4 Å². The molecule has 0 aliphatic rings. The molecule has 1 unspecified atom stereocenters. The van der Waals surface area contributed by atoms with E-state index < -0.39 is 17.5 Å². The summed E-state index contributed by atoms with van der Waals surface area (Å²) in [7, 11) is 1.31. The molecule has 0 saturated carbocycles. The summed E-state index contributed by atoms with van der Waals surface area (Å²) in [5.41, 5.74) is 0.705. The van der Waals surface area contributed by atoms with Gasteiger partial charge in [-0.1, -0.05) is 24.3 Å². The first-order valence-electron chi connectivity index (χ1n) is 6.88. The second-order valence-electron chi connectivity index (χ2n) is 5.59. The van der Waals surface area contributed by atoms with Crippen LogP contribution in [0, 0.1) is 5.41 Å². The van der Waals surface area contributed by atoms with Crippen LogP contribution in [0.15, 0.2) is 24.3 Å². The lowest BCUT2D eigenvalue weighted by atomic mass is 9.82. The van der Waals surface area contributed by atoms with E-state index in [4.69, 9.17) is 4.74 Å². The Balaban J connectivity index is 2.73.